The number of hydrogen-bond acceptors (Lipinski definition) is 6. The smallest absolute Gasteiger partial charge is 0.267 e. The third-order valence-electron chi connectivity index (χ3n) is 4.07. The highest BCUT2D eigenvalue weighted by Gasteiger charge is 2.10. The van der Waals surface area contributed by atoms with Gasteiger partial charge in [0.05, 0.1) is 15.8 Å². The van der Waals surface area contributed by atoms with Crippen LogP contribution in [-0.2, 0) is 5.75 Å². The summed E-state index contributed by atoms with van der Waals surface area (Å²) in [6.45, 7) is 0. The number of hydrazine groups is 1. The van der Waals surface area contributed by atoms with Crippen LogP contribution in [0.1, 0.15) is 26.3 Å². The van der Waals surface area contributed by atoms with Gasteiger partial charge in [-0.1, -0.05) is 36.0 Å². The van der Waals surface area contributed by atoms with Crippen molar-refractivity contribution in [2.45, 2.75) is 10.1 Å². The van der Waals surface area contributed by atoms with Gasteiger partial charge >= 0.3 is 0 Å². The number of para-hydroxylation sites is 1. The number of benzene rings is 2. The predicted molar refractivity (Wildman–Crippen MR) is 115 cm³/mol. The molecule has 2 amide bonds. The lowest BCUT2D eigenvalue weighted by Crippen LogP contribution is -2.41. The summed E-state index contributed by atoms with van der Waals surface area (Å²) < 4.78 is 2.20. The van der Waals surface area contributed by atoms with E-state index in [9.17, 15) is 9.59 Å². The number of carbonyl (C=O) groups excluding carboxylic acids is 2. The van der Waals surface area contributed by atoms with Crippen molar-refractivity contribution in [2.75, 3.05) is 0 Å². The van der Waals surface area contributed by atoms with Gasteiger partial charge in [-0.25, -0.2) is 4.98 Å². The van der Waals surface area contributed by atoms with Crippen molar-refractivity contribution in [1.82, 2.24) is 20.8 Å². The second-order valence-corrected chi connectivity index (χ2v) is 8.34. The minimum atomic E-state index is -0.421. The fraction of sp³-hybridized carbons (Fsp3) is 0.0476. The van der Waals surface area contributed by atoms with Gasteiger partial charge in [-0.15, -0.1) is 11.3 Å². The van der Waals surface area contributed by atoms with Gasteiger partial charge in [-0.2, -0.15) is 0 Å². The van der Waals surface area contributed by atoms with E-state index in [1.54, 1.807) is 53.6 Å². The Morgan fingerprint density at radius 3 is 2.38 bits per heavy atom. The summed E-state index contributed by atoms with van der Waals surface area (Å²) in [5.74, 6) is -0.0395. The third-order valence-corrected chi connectivity index (χ3v) is 6.32. The van der Waals surface area contributed by atoms with Crippen LogP contribution >= 0.6 is 23.1 Å². The number of thioether (sulfide) groups is 1. The van der Waals surface area contributed by atoms with Crippen LogP contribution in [0.15, 0.2) is 77.4 Å². The van der Waals surface area contributed by atoms with Gasteiger partial charge in [0.25, 0.3) is 11.8 Å². The molecule has 0 saturated heterocycles. The molecular formula is C21H16N4O2S2. The van der Waals surface area contributed by atoms with Crippen molar-refractivity contribution in [2.24, 2.45) is 0 Å². The fourth-order valence-electron chi connectivity index (χ4n) is 2.57. The topological polar surface area (TPSA) is 84.0 Å². The molecule has 2 aromatic heterocycles. The van der Waals surface area contributed by atoms with Crippen LogP contribution in [0.2, 0.25) is 0 Å². The largest absolute Gasteiger partial charge is 0.271 e. The molecule has 2 aromatic carbocycles. The van der Waals surface area contributed by atoms with Crippen LogP contribution in [-0.4, -0.2) is 21.8 Å². The van der Waals surface area contributed by atoms with E-state index in [-0.39, 0.29) is 5.91 Å². The summed E-state index contributed by atoms with van der Waals surface area (Å²) in [4.78, 5) is 32.6. The average Bonchev–Trinajstić information content (AvgIpc) is 3.20. The lowest BCUT2D eigenvalue weighted by molar-refractivity contribution is 0.0846. The number of rotatable bonds is 5. The minimum Gasteiger partial charge on any atom is -0.267 e. The Bertz CT molecular complexity index is 1110. The first-order valence-electron chi connectivity index (χ1n) is 8.77. The number of amides is 2. The van der Waals surface area contributed by atoms with E-state index in [0.717, 1.165) is 21.2 Å². The highest BCUT2D eigenvalue weighted by molar-refractivity contribution is 8.00. The Morgan fingerprint density at radius 1 is 0.897 bits per heavy atom. The Hall–Kier alpha value is -3.23. The molecule has 0 atom stereocenters. The lowest BCUT2D eigenvalue weighted by Gasteiger charge is -2.07. The molecule has 0 aliphatic rings. The molecule has 0 aliphatic heterocycles. The van der Waals surface area contributed by atoms with Gasteiger partial charge in [0.2, 0.25) is 0 Å². The molecule has 2 N–H and O–H groups in total. The predicted octanol–water partition coefficient (Wildman–Crippen LogP) is 4.06. The van der Waals surface area contributed by atoms with Crippen molar-refractivity contribution in [3.8, 4) is 0 Å². The van der Waals surface area contributed by atoms with E-state index in [4.69, 9.17) is 0 Å². The van der Waals surface area contributed by atoms with Crippen LogP contribution in [0, 0.1) is 0 Å². The molecule has 0 spiro atoms. The molecule has 2 heterocycles. The van der Waals surface area contributed by atoms with Gasteiger partial charge in [0, 0.05) is 23.7 Å². The maximum atomic E-state index is 12.2. The summed E-state index contributed by atoms with van der Waals surface area (Å²) >= 11 is 3.34. The molecule has 144 valence electrons. The van der Waals surface area contributed by atoms with Crippen molar-refractivity contribution >= 4 is 45.1 Å². The molecule has 4 aromatic rings. The van der Waals surface area contributed by atoms with Gasteiger partial charge in [-0.05, 0) is 42.0 Å². The third kappa shape index (κ3) is 4.79. The molecule has 8 heteroatoms. The van der Waals surface area contributed by atoms with Gasteiger partial charge in [0.1, 0.15) is 0 Å². The second-order valence-electron chi connectivity index (χ2n) is 6.08. The first kappa shape index (κ1) is 19.1. The zero-order chi connectivity index (χ0) is 20.1. The summed E-state index contributed by atoms with van der Waals surface area (Å²) in [7, 11) is 0. The van der Waals surface area contributed by atoms with Crippen molar-refractivity contribution in [3.05, 3.63) is 89.7 Å². The number of thiazole rings is 1. The second kappa shape index (κ2) is 8.85. The SMILES string of the molecule is O=C(NNC(=O)c1cccnc1)c1ccc(CSc2nc3ccccc3s2)cc1. The molecule has 0 saturated carbocycles. The lowest BCUT2D eigenvalue weighted by atomic mass is 10.1. The Balaban J connectivity index is 1.31. The van der Waals surface area contributed by atoms with Crippen LogP contribution in [0.3, 0.4) is 0 Å². The molecule has 0 fully saturated rings. The molecule has 0 bridgehead atoms. The maximum Gasteiger partial charge on any atom is 0.271 e. The standard InChI is InChI=1S/C21H16N4O2S2/c26-19(24-25-20(27)16-4-3-11-22-12-16)15-9-7-14(8-10-15)13-28-21-23-17-5-1-2-6-18(17)29-21/h1-12H,13H2,(H,24,26)(H,25,27). The number of nitrogens with one attached hydrogen (secondary N) is 2. The fourth-order valence-corrected chi connectivity index (χ4v) is 4.59. The molecule has 0 radical (unpaired) electrons. The van der Waals surface area contributed by atoms with Gasteiger partial charge in [-0.3, -0.25) is 25.4 Å². The summed E-state index contributed by atoms with van der Waals surface area (Å²) in [6, 6.07) is 18.6. The zero-order valence-corrected chi connectivity index (χ0v) is 16.8. The number of fused-ring (bicyclic) bond motifs is 1. The Kier molecular flexibility index (Phi) is 5.83. The van der Waals surface area contributed by atoms with E-state index in [2.05, 4.69) is 26.9 Å². The molecule has 0 unspecified atom stereocenters. The highest BCUT2D eigenvalue weighted by atomic mass is 32.2. The van der Waals surface area contributed by atoms with E-state index in [1.807, 2.05) is 30.3 Å². The van der Waals surface area contributed by atoms with Crippen LogP contribution < -0.4 is 10.9 Å². The van der Waals surface area contributed by atoms with E-state index in [1.165, 1.54) is 10.9 Å². The number of nitrogens with zero attached hydrogens (tertiary/aromatic N) is 2. The highest BCUT2D eigenvalue weighted by Crippen LogP contribution is 2.31. The molecule has 6 nitrogen and oxygen atoms in total. The molecular weight excluding hydrogens is 404 g/mol. The average molecular weight is 421 g/mol. The van der Waals surface area contributed by atoms with Crippen LogP contribution in [0.4, 0.5) is 0 Å². The Labute approximate surface area is 175 Å². The number of pyridine rings is 1. The van der Waals surface area contributed by atoms with Crippen molar-refractivity contribution < 1.29 is 9.59 Å². The van der Waals surface area contributed by atoms with Crippen molar-refractivity contribution in [3.63, 3.8) is 0 Å². The summed E-state index contributed by atoms with van der Waals surface area (Å²) in [6.07, 6.45) is 3.01. The van der Waals surface area contributed by atoms with Crippen molar-refractivity contribution in [1.29, 1.82) is 0 Å². The quantitative estimate of drug-likeness (QED) is 0.376. The minimum absolute atomic E-state index is 0.370. The first-order valence-corrected chi connectivity index (χ1v) is 10.6. The van der Waals surface area contributed by atoms with E-state index >= 15 is 0 Å². The maximum absolute atomic E-state index is 12.2. The zero-order valence-electron chi connectivity index (χ0n) is 15.2. The number of carbonyl (C=O) groups is 2. The summed E-state index contributed by atoms with van der Waals surface area (Å²) in [5, 5.41) is 0. The Morgan fingerprint density at radius 2 is 1.66 bits per heavy atom. The van der Waals surface area contributed by atoms with E-state index in [0.29, 0.717) is 11.1 Å². The number of aromatic nitrogens is 2. The van der Waals surface area contributed by atoms with Gasteiger partial charge < -0.3 is 0 Å². The van der Waals surface area contributed by atoms with Crippen LogP contribution in [0.25, 0.3) is 10.2 Å². The van der Waals surface area contributed by atoms with Gasteiger partial charge in [0.15, 0.2) is 4.34 Å². The molecule has 0 aliphatic carbocycles. The first-order chi connectivity index (χ1) is 14.2. The molecule has 4 rings (SSSR count). The number of hydrogen-bond donors (Lipinski definition) is 2. The summed E-state index contributed by atoms with van der Waals surface area (Å²) in [5.41, 5.74) is 7.73. The monoisotopic (exact) mass is 420 g/mol. The normalized spacial score (nSPS) is 10.6. The van der Waals surface area contributed by atoms with E-state index < -0.39 is 5.91 Å². The molecule has 29 heavy (non-hydrogen) atoms. The van der Waals surface area contributed by atoms with Crippen LogP contribution in [0.5, 0.6) is 0 Å².